The van der Waals surface area contributed by atoms with Crippen molar-refractivity contribution >= 4 is 17.2 Å². The summed E-state index contributed by atoms with van der Waals surface area (Å²) in [6.07, 6.45) is 5.10. The van der Waals surface area contributed by atoms with Gasteiger partial charge in [0.05, 0.1) is 6.04 Å². The van der Waals surface area contributed by atoms with Crippen LogP contribution in [0, 0.1) is 13.8 Å². The summed E-state index contributed by atoms with van der Waals surface area (Å²) in [7, 11) is 0. The van der Waals surface area contributed by atoms with Crippen LogP contribution >= 0.6 is 11.3 Å². The number of thiophene rings is 1. The van der Waals surface area contributed by atoms with Gasteiger partial charge < -0.3 is 10.1 Å². The smallest absolute Gasteiger partial charge is 0.258 e. The molecule has 1 aromatic carbocycles. The molecule has 2 aromatic rings. The Kier molecular flexibility index (Phi) is 7.30. The molecular weight excluding hydrogens is 356 g/mol. The van der Waals surface area contributed by atoms with Crippen LogP contribution in [0.1, 0.15) is 47.7 Å². The normalized spacial score (nSPS) is 16.5. The van der Waals surface area contributed by atoms with Crippen LogP contribution in [0.25, 0.3) is 0 Å². The van der Waals surface area contributed by atoms with Crippen LogP contribution < -0.4 is 10.1 Å². The summed E-state index contributed by atoms with van der Waals surface area (Å²) in [5, 5.41) is 5.20. The first kappa shape index (κ1) is 19.9. The molecule has 1 aliphatic heterocycles. The summed E-state index contributed by atoms with van der Waals surface area (Å²) in [6, 6.07) is 10.5. The SMILES string of the molecule is Cc1ccc(OCC(=O)NC[C@H](c2cccs2)N2CCCCCC2)cc1C. The second-order valence-corrected chi connectivity index (χ2v) is 8.30. The maximum absolute atomic E-state index is 12.3. The lowest BCUT2D eigenvalue weighted by Crippen LogP contribution is -2.39. The molecule has 1 aromatic heterocycles. The molecular formula is C22H30N2O2S. The van der Waals surface area contributed by atoms with Crippen molar-refractivity contribution in [2.24, 2.45) is 0 Å². The van der Waals surface area contributed by atoms with Gasteiger partial charge in [-0.05, 0) is 74.5 Å². The molecule has 5 heteroatoms. The number of likely N-dealkylation sites (tertiary alicyclic amines) is 1. The van der Waals surface area contributed by atoms with Crippen LogP contribution in [-0.2, 0) is 4.79 Å². The van der Waals surface area contributed by atoms with Crippen molar-refractivity contribution in [3.05, 3.63) is 51.7 Å². The van der Waals surface area contributed by atoms with E-state index in [-0.39, 0.29) is 18.6 Å². The summed E-state index contributed by atoms with van der Waals surface area (Å²) < 4.78 is 5.67. The topological polar surface area (TPSA) is 41.6 Å². The van der Waals surface area contributed by atoms with E-state index >= 15 is 0 Å². The Balaban J connectivity index is 1.54. The number of hydrogen-bond acceptors (Lipinski definition) is 4. The lowest BCUT2D eigenvalue weighted by Gasteiger charge is -2.30. The average molecular weight is 387 g/mol. The number of nitrogens with one attached hydrogen (secondary N) is 1. The van der Waals surface area contributed by atoms with Gasteiger partial charge in [-0.1, -0.05) is 25.0 Å². The number of amides is 1. The summed E-state index contributed by atoms with van der Waals surface area (Å²) in [5.41, 5.74) is 2.40. The Morgan fingerprint density at radius 2 is 1.93 bits per heavy atom. The maximum Gasteiger partial charge on any atom is 0.258 e. The Morgan fingerprint density at radius 3 is 2.59 bits per heavy atom. The molecule has 1 fully saturated rings. The summed E-state index contributed by atoms with van der Waals surface area (Å²) in [5.74, 6) is 0.681. The van der Waals surface area contributed by atoms with Crippen LogP contribution in [-0.4, -0.2) is 37.0 Å². The van der Waals surface area contributed by atoms with Crippen molar-refractivity contribution in [3.63, 3.8) is 0 Å². The fraction of sp³-hybridized carbons (Fsp3) is 0.500. The third-order valence-corrected chi connectivity index (χ3v) is 6.27. The molecule has 27 heavy (non-hydrogen) atoms. The monoisotopic (exact) mass is 386 g/mol. The maximum atomic E-state index is 12.3. The van der Waals surface area contributed by atoms with Gasteiger partial charge >= 0.3 is 0 Å². The molecule has 1 N–H and O–H groups in total. The third kappa shape index (κ3) is 5.81. The van der Waals surface area contributed by atoms with Crippen LogP contribution in [0.4, 0.5) is 0 Å². The van der Waals surface area contributed by atoms with Gasteiger partial charge in [0.1, 0.15) is 5.75 Å². The van der Waals surface area contributed by atoms with Crippen LogP contribution in [0.2, 0.25) is 0 Å². The summed E-state index contributed by atoms with van der Waals surface area (Å²) in [6.45, 7) is 7.03. The molecule has 0 saturated carbocycles. The van der Waals surface area contributed by atoms with Gasteiger partial charge in [0.15, 0.2) is 6.61 Å². The van der Waals surface area contributed by atoms with Gasteiger partial charge in [-0.3, -0.25) is 9.69 Å². The second kappa shape index (κ2) is 9.90. The highest BCUT2D eigenvalue weighted by atomic mass is 32.1. The van der Waals surface area contributed by atoms with Gasteiger partial charge in [0.25, 0.3) is 5.91 Å². The molecule has 0 bridgehead atoms. The average Bonchev–Trinajstić information content (AvgIpc) is 3.06. The molecule has 1 saturated heterocycles. The molecule has 1 aliphatic rings. The minimum absolute atomic E-state index is 0.0552. The van der Waals surface area contributed by atoms with E-state index in [0.29, 0.717) is 6.54 Å². The van der Waals surface area contributed by atoms with Gasteiger partial charge in [-0.15, -0.1) is 11.3 Å². The first-order chi connectivity index (χ1) is 13.1. The van der Waals surface area contributed by atoms with E-state index in [2.05, 4.69) is 41.6 Å². The number of hydrogen-bond donors (Lipinski definition) is 1. The highest BCUT2D eigenvalue weighted by molar-refractivity contribution is 7.10. The highest BCUT2D eigenvalue weighted by Gasteiger charge is 2.23. The molecule has 0 radical (unpaired) electrons. The van der Waals surface area contributed by atoms with Crippen LogP contribution in [0.3, 0.4) is 0 Å². The lowest BCUT2D eigenvalue weighted by atomic mass is 10.1. The van der Waals surface area contributed by atoms with E-state index in [9.17, 15) is 4.79 Å². The molecule has 1 amide bonds. The van der Waals surface area contributed by atoms with E-state index in [1.807, 2.05) is 18.2 Å². The quantitative estimate of drug-likeness (QED) is 0.763. The standard InChI is InChI=1S/C22H30N2O2S/c1-17-9-10-19(14-18(17)2)26-16-22(25)23-15-20(21-8-7-13-27-21)24-11-5-3-4-6-12-24/h7-10,13-14,20H,3-6,11-12,15-16H2,1-2H3,(H,23,25)/t20-/m1/s1. The fourth-order valence-corrected chi connectivity index (χ4v) is 4.37. The third-order valence-electron chi connectivity index (χ3n) is 5.29. The minimum Gasteiger partial charge on any atom is -0.484 e. The van der Waals surface area contributed by atoms with E-state index in [4.69, 9.17) is 4.74 Å². The Bertz CT molecular complexity index is 722. The molecule has 2 heterocycles. The van der Waals surface area contributed by atoms with Gasteiger partial charge in [0, 0.05) is 11.4 Å². The Morgan fingerprint density at radius 1 is 1.15 bits per heavy atom. The second-order valence-electron chi connectivity index (χ2n) is 7.32. The molecule has 3 rings (SSSR count). The largest absolute Gasteiger partial charge is 0.484 e. The molecule has 0 spiro atoms. The van der Waals surface area contributed by atoms with Gasteiger partial charge in [-0.25, -0.2) is 0 Å². The van der Waals surface area contributed by atoms with E-state index in [1.165, 1.54) is 41.7 Å². The number of aryl methyl sites for hydroxylation is 2. The number of benzene rings is 1. The van der Waals surface area contributed by atoms with Crippen molar-refractivity contribution < 1.29 is 9.53 Å². The number of nitrogens with zero attached hydrogens (tertiary/aromatic N) is 1. The predicted octanol–water partition coefficient (Wildman–Crippen LogP) is 4.48. The minimum atomic E-state index is -0.0652. The van der Waals surface area contributed by atoms with Gasteiger partial charge in [-0.2, -0.15) is 0 Å². The first-order valence-corrected chi connectivity index (χ1v) is 10.8. The summed E-state index contributed by atoms with van der Waals surface area (Å²) >= 11 is 1.77. The number of carbonyl (C=O) groups excluding carboxylic acids is 1. The fourth-order valence-electron chi connectivity index (χ4n) is 3.51. The van der Waals surface area contributed by atoms with Crippen molar-refractivity contribution in [1.82, 2.24) is 10.2 Å². The number of carbonyl (C=O) groups is 1. The molecule has 1 atom stereocenters. The summed E-state index contributed by atoms with van der Waals surface area (Å²) in [4.78, 5) is 16.2. The zero-order valence-corrected chi connectivity index (χ0v) is 17.2. The molecule has 0 aliphatic carbocycles. The van der Waals surface area contributed by atoms with Crippen molar-refractivity contribution in [2.75, 3.05) is 26.2 Å². The van der Waals surface area contributed by atoms with Crippen molar-refractivity contribution in [1.29, 1.82) is 0 Å². The van der Waals surface area contributed by atoms with E-state index in [1.54, 1.807) is 11.3 Å². The molecule has 146 valence electrons. The zero-order chi connectivity index (χ0) is 19.1. The Hall–Kier alpha value is -1.85. The molecule has 0 unspecified atom stereocenters. The van der Waals surface area contributed by atoms with Crippen LogP contribution in [0.5, 0.6) is 5.75 Å². The lowest BCUT2D eigenvalue weighted by molar-refractivity contribution is -0.123. The highest BCUT2D eigenvalue weighted by Crippen LogP contribution is 2.27. The van der Waals surface area contributed by atoms with E-state index < -0.39 is 0 Å². The van der Waals surface area contributed by atoms with Crippen molar-refractivity contribution in [3.8, 4) is 5.75 Å². The van der Waals surface area contributed by atoms with Gasteiger partial charge in [0.2, 0.25) is 0 Å². The number of rotatable bonds is 7. The van der Waals surface area contributed by atoms with Crippen LogP contribution in [0.15, 0.2) is 35.7 Å². The Labute approximate surface area is 166 Å². The first-order valence-electron chi connectivity index (χ1n) is 9.87. The zero-order valence-electron chi connectivity index (χ0n) is 16.4. The van der Waals surface area contributed by atoms with Crippen molar-refractivity contribution in [2.45, 2.75) is 45.6 Å². The van der Waals surface area contributed by atoms with E-state index in [0.717, 1.165) is 18.8 Å². The predicted molar refractivity (Wildman–Crippen MR) is 112 cm³/mol. The number of ether oxygens (including phenoxy) is 1. The molecule has 4 nitrogen and oxygen atoms in total.